The molecule has 2 unspecified atom stereocenters. The van der Waals surface area contributed by atoms with Crippen molar-refractivity contribution in [1.29, 1.82) is 0 Å². The lowest BCUT2D eigenvalue weighted by atomic mass is 9.64. The highest BCUT2D eigenvalue weighted by Gasteiger charge is 2.49. The summed E-state index contributed by atoms with van der Waals surface area (Å²) in [5, 5.41) is 1.64. The summed E-state index contributed by atoms with van der Waals surface area (Å²) < 4.78 is 0. The summed E-state index contributed by atoms with van der Waals surface area (Å²) in [6.07, 6.45) is 5.22. The zero-order chi connectivity index (χ0) is 17.6. The van der Waals surface area contributed by atoms with E-state index < -0.39 is 0 Å². The van der Waals surface area contributed by atoms with Gasteiger partial charge >= 0.3 is 0 Å². The molecule has 0 bridgehead atoms. The molecular weight excluding hydrogens is 377 g/mol. The molecule has 1 aromatic heterocycles. The first-order valence-electron chi connectivity index (χ1n) is 8.23. The number of rotatable bonds is 3. The van der Waals surface area contributed by atoms with Crippen LogP contribution in [0.4, 0.5) is 11.6 Å². The summed E-state index contributed by atoms with van der Waals surface area (Å²) in [5.41, 5.74) is 12.6. The fraction of sp³-hybridized carbons (Fsp3) is 0.412. The van der Waals surface area contributed by atoms with E-state index in [0.717, 1.165) is 36.6 Å². The Morgan fingerprint density at radius 3 is 2.76 bits per heavy atom. The summed E-state index contributed by atoms with van der Waals surface area (Å²) in [6.45, 7) is 1.89. The van der Waals surface area contributed by atoms with Crippen LogP contribution >= 0.6 is 35.0 Å². The molecule has 8 heteroatoms. The van der Waals surface area contributed by atoms with Crippen LogP contribution in [0.3, 0.4) is 0 Å². The second-order valence-electron chi connectivity index (χ2n) is 6.75. The molecule has 2 aromatic rings. The summed E-state index contributed by atoms with van der Waals surface area (Å²) in [4.78, 5) is 12.1. The smallest absolute Gasteiger partial charge is 0.158 e. The van der Waals surface area contributed by atoms with E-state index in [9.17, 15) is 0 Å². The van der Waals surface area contributed by atoms with Gasteiger partial charge in [-0.2, -0.15) is 0 Å². The Hall–Kier alpha value is -1.21. The first-order chi connectivity index (χ1) is 12.0. The highest BCUT2D eigenvalue weighted by Crippen LogP contribution is 2.48. The molecule has 1 aliphatic heterocycles. The van der Waals surface area contributed by atoms with Gasteiger partial charge in [0.15, 0.2) is 5.82 Å². The molecule has 2 aliphatic rings. The van der Waals surface area contributed by atoms with Crippen LogP contribution in [0.5, 0.6) is 0 Å². The first kappa shape index (κ1) is 17.2. The highest BCUT2D eigenvalue weighted by molar-refractivity contribution is 7.99. The minimum Gasteiger partial charge on any atom is -0.381 e. The Bertz CT molecular complexity index is 818. The largest absolute Gasteiger partial charge is 0.381 e. The molecule has 132 valence electrons. The Balaban J connectivity index is 1.52. The fourth-order valence-corrected chi connectivity index (χ4v) is 4.88. The van der Waals surface area contributed by atoms with Gasteiger partial charge in [0, 0.05) is 29.4 Å². The molecule has 4 rings (SSSR count). The van der Waals surface area contributed by atoms with Crippen LogP contribution in [0.2, 0.25) is 10.0 Å². The van der Waals surface area contributed by atoms with Gasteiger partial charge in [0.2, 0.25) is 0 Å². The summed E-state index contributed by atoms with van der Waals surface area (Å²) in [7, 11) is 0. The van der Waals surface area contributed by atoms with E-state index in [1.165, 1.54) is 18.2 Å². The summed E-state index contributed by atoms with van der Waals surface area (Å²) in [6, 6.07) is 5.79. The van der Waals surface area contributed by atoms with Gasteiger partial charge in [-0.3, -0.25) is 0 Å². The SMILES string of the molecule is Nc1nc(N2CCC3(CCC3N)C2)cnc1Sc1cccc(Cl)c1Cl. The molecule has 2 fully saturated rings. The predicted octanol–water partition coefficient (Wildman–Crippen LogP) is 3.83. The van der Waals surface area contributed by atoms with Gasteiger partial charge in [-0.25, -0.2) is 9.97 Å². The quantitative estimate of drug-likeness (QED) is 0.821. The molecule has 25 heavy (non-hydrogen) atoms. The van der Waals surface area contributed by atoms with E-state index in [4.69, 9.17) is 34.7 Å². The Labute approximate surface area is 161 Å². The average molecular weight is 396 g/mol. The van der Waals surface area contributed by atoms with Crippen molar-refractivity contribution in [3.05, 3.63) is 34.4 Å². The van der Waals surface area contributed by atoms with E-state index in [2.05, 4.69) is 14.9 Å². The molecule has 1 saturated carbocycles. The molecule has 1 spiro atoms. The Morgan fingerprint density at radius 1 is 1.28 bits per heavy atom. The molecule has 1 saturated heterocycles. The molecule has 1 aromatic carbocycles. The normalized spacial score (nSPS) is 25.4. The monoisotopic (exact) mass is 395 g/mol. The first-order valence-corrected chi connectivity index (χ1v) is 9.81. The topological polar surface area (TPSA) is 81.1 Å². The third-order valence-electron chi connectivity index (χ3n) is 5.32. The zero-order valence-corrected chi connectivity index (χ0v) is 15.9. The molecule has 0 radical (unpaired) electrons. The van der Waals surface area contributed by atoms with Gasteiger partial charge in [0.25, 0.3) is 0 Å². The van der Waals surface area contributed by atoms with E-state index in [-0.39, 0.29) is 5.41 Å². The minimum atomic E-state index is 0.262. The maximum Gasteiger partial charge on any atom is 0.158 e. The lowest BCUT2D eigenvalue weighted by Crippen LogP contribution is -2.52. The number of nitrogens with zero attached hydrogens (tertiary/aromatic N) is 3. The van der Waals surface area contributed by atoms with Crippen molar-refractivity contribution in [2.24, 2.45) is 11.1 Å². The summed E-state index contributed by atoms with van der Waals surface area (Å²) in [5.74, 6) is 1.22. The van der Waals surface area contributed by atoms with Crippen molar-refractivity contribution in [2.75, 3.05) is 23.7 Å². The number of nitrogens with two attached hydrogens (primary N) is 2. The molecule has 4 N–H and O–H groups in total. The van der Waals surface area contributed by atoms with Gasteiger partial charge in [0.05, 0.1) is 16.2 Å². The van der Waals surface area contributed by atoms with E-state index in [1.807, 2.05) is 12.1 Å². The highest BCUT2D eigenvalue weighted by atomic mass is 35.5. The number of halogens is 2. The van der Waals surface area contributed by atoms with Crippen molar-refractivity contribution in [2.45, 2.75) is 35.2 Å². The van der Waals surface area contributed by atoms with Crippen molar-refractivity contribution < 1.29 is 0 Å². The van der Waals surface area contributed by atoms with Crippen molar-refractivity contribution in [1.82, 2.24) is 9.97 Å². The van der Waals surface area contributed by atoms with Gasteiger partial charge in [-0.05, 0) is 31.4 Å². The maximum absolute atomic E-state index is 6.24. The number of hydrogen-bond donors (Lipinski definition) is 2. The van der Waals surface area contributed by atoms with Crippen LogP contribution in [0.1, 0.15) is 19.3 Å². The van der Waals surface area contributed by atoms with Crippen molar-refractivity contribution in [3.63, 3.8) is 0 Å². The van der Waals surface area contributed by atoms with E-state index in [0.29, 0.717) is 26.9 Å². The lowest BCUT2D eigenvalue weighted by Gasteiger charge is -2.44. The number of aromatic nitrogens is 2. The third kappa shape index (κ3) is 3.05. The van der Waals surface area contributed by atoms with Crippen molar-refractivity contribution >= 4 is 46.6 Å². The molecule has 2 atom stereocenters. The number of hydrogen-bond acceptors (Lipinski definition) is 6. The summed E-state index contributed by atoms with van der Waals surface area (Å²) >= 11 is 13.7. The van der Waals surface area contributed by atoms with Crippen LogP contribution in [0, 0.1) is 5.41 Å². The van der Waals surface area contributed by atoms with Gasteiger partial charge in [0.1, 0.15) is 10.8 Å². The number of nitrogen functional groups attached to an aromatic ring is 1. The molecule has 1 aliphatic carbocycles. The van der Waals surface area contributed by atoms with Gasteiger partial charge < -0.3 is 16.4 Å². The minimum absolute atomic E-state index is 0.262. The van der Waals surface area contributed by atoms with Crippen LogP contribution in [-0.4, -0.2) is 29.1 Å². The molecule has 0 amide bonds. The molecule has 2 heterocycles. The fourth-order valence-electron chi connectivity index (χ4n) is 3.60. The number of anilines is 2. The standard InChI is InChI=1S/C17H19Cl2N5S/c18-10-2-1-3-11(14(10)19)25-16-15(21)23-13(8-22-16)24-7-6-17(9-24)5-4-12(17)20/h1-3,8,12H,4-7,9,20H2,(H2,21,23). The zero-order valence-electron chi connectivity index (χ0n) is 13.6. The van der Waals surface area contributed by atoms with E-state index >= 15 is 0 Å². The van der Waals surface area contributed by atoms with Crippen LogP contribution < -0.4 is 16.4 Å². The average Bonchev–Trinajstić information content (AvgIpc) is 3.07. The van der Waals surface area contributed by atoms with Crippen LogP contribution in [0.15, 0.2) is 34.3 Å². The Morgan fingerprint density at radius 2 is 2.12 bits per heavy atom. The molecular formula is C17H19Cl2N5S. The Kier molecular flexibility index (Phi) is 4.48. The second-order valence-corrected chi connectivity index (χ2v) is 8.57. The van der Waals surface area contributed by atoms with Crippen molar-refractivity contribution in [3.8, 4) is 0 Å². The number of benzene rings is 1. The molecule has 5 nitrogen and oxygen atoms in total. The van der Waals surface area contributed by atoms with E-state index in [1.54, 1.807) is 12.3 Å². The van der Waals surface area contributed by atoms with Crippen LogP contribution in [-0.2, 0) is 0 Å². The van der Waals surface area contributed by atoms with Crippen LogP contribution in [0.25, 0.3) is 0 Å². The van der Waals surface area contributed by atoms with Gasteiger partial charge in [-0.1, -0.05) is 41.0 Å². The lowest BCUT2D eigenvalue weighted by molar-refractivity contribution is 0.122. The maximum atomic E-state index is 6.24. The predicted molar refractivity (Wildman–Crippen MR) is 104 cm³/mol. The third-order valence-corrected chi connectivity index (χ3v) is 7.32. The van der Waals surface area contributed by atoms with Gasteiger partial charge in [-0.15, -0.1) is 0 Å². The second kappa shape index (κ2) is 6.50.